The third-order valence-corrected chi connectivity index (χ3v) is 7.33. The van der Waals surface area contributed by atoms with E-state index >= 15 is 0 Å². The number of hydrogen-bond acceptors (Lipinski definition) is 2. The topological polar surface area (TPSA) is 6.48 Å². The largest absolute Gasteiger partial charge is 0.372 e. The van der Waals surface area contributed by atoms with Crippen molar-refractivity contribution in [3.8, 4) is 0 Å². The predicted molar refractivity (Wildman–Crippen MR) is 147 cm³/mol. The molecule has 34 heavy (non-hydrogen) atoms. The molecule has 0 amide bonds. The van der Waals surface area contributed by atoms with E-state index in [1.807, 2.05) is 0 Å². The minimum absolute atomic E-state index is 1.02. The van der Waals surface area contributed by atoms with Crippen molar-refractivity contribution in [3.05, 3.63) is 108 Å². The quantitative estimate of drug-likeness (QED) is 0.244. The van der Waals surface area contributed by atoms with Gasteiger partial charge < -0.3 is 9.80 Å². The van der Waals surface area contributed by atoms with Gasteiger partial charge >= 0.3 is 0 Å². The van der Waals surface area contributed by atoms with Crippen LogP contribution < -0.4 is 9.80 Å². The molecule has 1 aliphatic rings. The summed E-state index contributed by atoms with van der Waals surface area (Å²) in [5.74, 6) is 0. The summed E-state index contributed by atoms with van der Waals surface area (Å²) in [6.07, 6.45) is 2.15. The summed E-state index contributed by atoms with van der Waals surface area (Å²) in [6.45, 7) is 6.46. The standard InChI is InChI=1S/C32H30N2/c1-3-33(4-2)26-17-19-28(20-18-26)34(27-11-6-5-7-12-27)30-22-16-25-14-13-23-9-8-10-24-15-21-29(30)32(25)31(23)24/h5-14,16-20,22H,3-4,15,21H2,1-2H3. The van der Waals surface area contributed by atoms with Crippen molar-refractivity contribution in [2.24, 2.45) is 0 Å². The van der Waals surface area contributed by atoms with Gasteiger partial charge in [-0.2, -0.15) is 0 Å². The maximum Gasteiger partial charge on any atom is 0.0500 e. The minimum Gasteiger partial charge on any atom is -0.372 e. The number of benzene rings is 5. The van der Waals surface area contributed by atoms with E-state index in [0.29, 0.717) is 0 Å². The summed E-state index contributed by atoms with van der Waals surface area (Å²) in [5.41, 5.74) is 7.89. The zero-order valence-corrected chi connectivity index (χ0v) is 20.0. The predicted octanol–water partition coefficient (Wildman–Crippen LogP) is 8.41. The minimum atomic E-state index is 1.02. The third-order valence-electron chi connectivity index (χ3n) is 7.33. The summed E-state index contributed by atoms with van der Waals surface area (Å²) in [5, 5.41) is 5.55. The van der Waals surface area contributed by atoms with Crippen LogP contribution in [0.5, 0.6) is 0 Å². The molecule has 5 aromatic rings. The molecule has 0 fully saturated rings. The van der Waals surface area contributed by atoms with Crippen molar-refractivity contribution < 1.29 is 0 Å². The Morgan fingerprint density at radius 2 is 1.21 bits per heavy atom. The second-order valence-electron chi connectivity index (χ2n) is 9.10. The first-order valence-corrected chi connectivity index (χ1v) is 12.4. The first-order chi connectivity index (χ1) is 16.8. The van der Waals surface area contributed by atoms with Crippen LogP contribution >= 0.6 is 0 Å². The van der Waals surface area contributed by atoms with E-state index in [2.05, 4.69) is 121 Å². The van der Waals surface area contributed by atoms with Crippen LogP contribution in [0.15, 0.2) is 97.1 Å². The Morgan fingerprint density at radius 3 is 1.94 bits per heavy atom. The van der Waals surface area contributed by atoms with E-state index in [0.717, 1.165) is 25.9 Å². The highest BCUT2D eigenvalue weighted by Crippen LogP contribution is 2.44. The smallest absolute Gasteiger partial charge is 0.0500 e. The molecule has 0 radical (unpaired) electrons. The van der Waals surface area contributed by atoms with Gasteiger partial charge in [-0.3, -0.25) is 0 Å². The Balaban J connectivity index is 1.58. The fourth-order valence-corrected chi connectivity index (χ4v) is 5.67. The first kappa shape index (κ1) is 20.8. The highest BCUT2D eigenvalue weighted by atomic mass is 15.1. The first-order valence-electron chi connectivity index (χ1n) is 12.4. The third kappa shape index (κ3) is 3.33. The van der Waals surface area contributed by atoms with Gasteiger partial charge in [0.2, 0.25) is 0 Å². The van der Waals surface area contributed by atoms with Crippen LogP contribution in [-0.4, -0.2) is 13.1 Å². The maximum absolute atomic E-state index is 2.44. The van der Waals surface area contributed by atoms with Crippen molar-refractivity contribution in [3.63, 3.8) is 0 Å². The molecule has 0 unspecified atom stereocenters. The van der Waals surface area contributed by atoms with Crippen LogP contribution in [0.2, 0.25) is 0 Å². The van der Waals surface area contributed by atoms with Crippen LogP contribution in [0.4, 0.5) is 22.7 Å². The molecule has 168 valence electrons. The molecule has 2 nitrogen and oxygen atoms in total. The van der Waals surface area contributed by atoms with Crippen LogP contribution in [0.1, 0.15) is 25.0 Å². The molecule has 0 atom stereocenters. The molecule has 1 aliphatic carbocycles. The van der Waals surface area contributed by atoms with E-state index < -0.39 is 0 Å². The molecule has 0 saturated heterocycles. The molecular weight excluding hydrogens is 412 g/mol. The number of anilines is 4. The van der Waals surface area contributed by atoms with E-state index in [9.17, 15) is 0 Å². The number of rotatable bonds is 6. The Hall–Kier alpha value is -3.78. The van der Waals surface area contributed by atoms with E-state index in [1.54, 1.807) is 0 Å². The second kappa shape index (κ2) is 8.53. The van der Waals surface area contributed by atoms with Gasteiger partial charge in [0.15, 0.2) is 0 Å². The normalized spacial score (nSPS) is 12.4. The molecule has 5 aromatic carbocycles. The number of hydrogen-bond donors (Lipinski definition) is 0. The lowest BCUT2D eigenvalue weighted by Gasteiger charge is -2.31. The number of aryl methyl sites for hydroxylation is 2. The van der Waals surface area contributed by atoms with Gasteiger partial charge in [-0.05, 0) is 102 Å². The van der Waals surface area contributed by atoms with Crippen LogP contribution in [-0.2, 0) is 12.8 Å². The van der Waals surface area contributed by atoms with Crippen LogP contribution in [0.3, 0.4) is 0 Å². The Bertz CT molecular complexity index is 1460. The van der Waals surface area contributed by atoms with E-state index in [4.69, 9.17) is 0 Å². The average Bonchev–Trinajstić information content (AvgIpc) is 2.90. The van der Waals surface area contributed by atoms with Gasteiger partial charge in [-0.25, -0.2) is 0 Å². The van der Waals surface area contributed by atoms with Crippen molar-refractivity contribution >= 4 is 44.3 Å². The van der Waals surface area contributed by atoms with E-state index in [1.165, 1.54) is 55.4 Å². The van der Waals surface area contributed by atoms with Gasteiger partial charge in [-0.1, -0.05) is 54.6 Å². The molecule has 2 heteroatoms. The van der Waals surface area contributed by atoms with Gasteiger partial charge in [0.1, 0.15) is 0 Å². The zero-order chi connectivity index (χ0) is 23.1. The monoisotopic (exact) mass is 442 g/mol. The fraction of sp³-hybridized carbons (Fsp3) is 0.188. The molecule has 0 aliphatic heterocycles. The van der Waals surface area contributed by atoms with Crippen LogP contribution in [0.25, 0.3) is 21.5 Å². The summed E-state index contributed by atoms with van der Waals surface area (Å²) < 4.78 is 0. The lowest BCUT2D eigenvalue weighted by molar-refractivity contribution is 0.866. The Kier molecular flexibility index (Phi) is 5.22. The SMILES string of the molecule is CCN(CC)c1ccc(N(c2ccccc2)c2ccc3ccc4cccc5c4c3c2CC5)cc1. The number of para-hydroxylation sites is 1. The molecule has 0 heterocycles. The molecule has 0 spiro atoms. The highest BCUT2D eigenvalue weighted by molar-refractivity contribution is 6.13. The molecule has 0 N–H and O–H groups in total. The highest BCUT2D eigenvalue weighted by Gasteiger charge is 2.22. The second-order valence-corrected chi connectivity index (χ2v) is 9.10. The molecule has 6 rings (SSSR count). The van der Waals surface area contributed by atoms with Crippen molar-refractivity contribution in [2.45, 2.75) is 26.7 Å². The van der Waals surface area contributed by atoms with Gasteiger partial charge in [-0.15, -0.1) is 0 Å². The van der Waals surface area contributed by atoms with Crippen molar-refractivity contribution in [2.75, 3.05) is 22.9 Å². The Morgan fingerprint density at radius 1 is 0.559 bits per heavy atom. The summed E-state index contributed by atoms with van der Waals surface area (Å²) in [4.78, 5) is 4.83. The maximum atomic E-state index is 2.44. The summed E-state index contributed by atoms with van der Waals surface area (Å²) in [7, 11) is 0. The van der Waals surface area contributed by atoms with Gasteiger partial charge in [0.25, 0.3) is 0 Å². The van der Waals surface area contributed by atoms with Gasteiger partial charge in [0, 0.05) is 35.8 Å². The average molecular weight is 443 g/mol. The van der Waals surface area contributed by atoms with Gasteiger partial charge in [0.05, 0.1) is 0 Å². The lowest BCUT2D eigenvalue weighted by Crippen LogP contribution is -2.21. The van der Waals surface area contributed by atoms with Crippen molar-refractivity contribution in [1.29, 1.82) is 0 Å². The molecule has 0 saturated carbocycles. The number of nitrogens with zero attached hydrogens (tertiary/aromatic N) is 2. The Labute approximate surface area is 202 Å². The molecular formula is C32H30N2. The molecule has 0 bridgehead atoms. The van der Waals surface area contributed by atoms with Crippen molar-refractivity contribution in [1.82, 2.24) is 0 Å². The lowest BCUT2D eigenvalue weighted by atomic mass is 9.85. The summed E-state index contributed by atoms with van der Waals surface area (Å²) in [6, 6.07) is 35.8. The van der Waals surface area contributed by atoms with E-state index in [-0.39, 0.29) is 0 Å². The van der Waals surface area contributed by atoms with Crippen LogP contribution in [0, 0.1) is 0 Å². The zero-order valence-electron chi connectivity index (χ0n) is 20.0. The fourth-order valence-electron chi connectivity index (χ4n) is 5.67. The summed E-state index contributed by atoms with van der Waals surface area (Å²) >= 11 is 0. The molecule has 0 aromatic heterocycles.